The first kappa shape index (κ1) is 81.0. The molecule has 1 amide bonds. The minimum Gasteiger partial charge on any atom is -0.465 e. The lowest BCUT2D eigenvalue weighted by atomic mass is 10.1. The molecule has 15 aromatic rings. The number of anilines is 9. The number of nitrogens with zero attached hydrogens (tertiary/aromatic N) is 20. The molecule has 12 heterocycles. The van der Waals surface area contributed by atoms with Crippen molar-refractivity contribution in [1.29, 1.82) is 0 Å². The lowest BCUT2D eigenvalue weighted by molar-refractivity contribution is 0.0592. The quantitative estimate of drug-likeness (QED) is 0.0189. The summed E-state index contributed by atoms with van der Waals surface area (Å²) >= 11 is 13.3. The number of carbonyl (C=O) groups excluding carboxylic acids is 3. The third-order valence-corrected chi connectivity index (χ3v) is 17.0. The minimum absolute atomic E-state index is 0. The van der Waals surface area contributed by atoms with Crippen molar-refractivity contribution in [2.45, 2.75) is 19.6 Å². The molecule has 0 aliphatic rings. The Kier molecular flexibility index (Phi) is 31.0. The first-order valence-electron chi connectivity index (χ1n) is 33.1. The molecule has 0 radical (unpaired) electrons. The number of ether oxygens (including phenoxy) is 2. The van der Waals surface area contributed by atoms with E-state index in [9.17, 15) is 14.4 Å². The SMILES string of the molecule is Brc1ccnc(Br)c1.Brc1ccnc(Nc2cnccn2)c1.COC(=O)c1ccc(CN(c2cnccn2)c2cc(-c3cn[nH]c3)ccn2)cc1.COC(=O)c1ccc(CN(c2cnccn2)c2cc(Br)ccn2)cc1.Nc1cnccn1.O=C(NO)c1ccc(CN(c2cnccn2)c2cc(-c3cn[nH]c3)ccn2)cc1.[2HH]. The number of hydroxylamine groups is 1. The van der Waals surface area contributed by atoms with Crippen molar-refractivity contribution < 1.29 is 30.5 Å². The third kappa shape index (κ3) is 25.3. The van der Waals surface area contributed by atoms with Gasteiger partial charge in [0.2, 0.25) is 0 Å². The Hall–Kier alpha value is -13.5. The Morgan fingerprint density at radius 2 is 0.768 bits per heavy atom. The molecule has 0 saturated heterocycles. The molecule has 35 heteroatoms. The Labute approximate surface area is 675 Å². The van der Waals surface area contributed by atoms with Crippen molar-refractivity contribution in [3.63, 3.8) is 0 Å². The maximum absolute atomic E-state index is 11.7. The van der Waals surface area contributed by atoms with Crippen molar-refractivity contribution in [1.82, 2.24) is 101 Å². The smallest absolute Gasteiger partial charge is 0.337 e. The van der Waals surface area contributed by atoms with Crippen LogP contribution in [0.15, 0.2) is 300 Å². The fourth-order valence-corrected chi connectivity index (χ4v) is 11.4. The van der Waals surface area contributed by atoms with E-state index in [-0.39, 0.29) is 13.4 Å². The molecule has 0 fully saturated rings. The molecule has 564 valence electrons. The summed E-state index contributed by atoms with van der Waals surface area (Å²) < 4.78 is 13.3. The number of amides is 1. The summed E-state index contributed by atoms with van der Waals surface area (Å²) in [5.41, 5.74) is 15.0. The number of aromatic nitrogens is 19. The average Bonchev–Trinajstić information content (AvgIpc) is 1.71. The minimum atomic E-state index is -0.559. The van der Waals surface area contributed by atoms with Crippen molar-refractivity contribution in [2.24, 2.45) is 0 Å². The number of halogens is 4. The number of rotatable bonds is 19. The van der Waals surface area contributed by atoms with Gasteiger partial charge in [-0.2, -0.15) is 10.2 Å². The van der Waals surface area contributed by atoms with E-state index in [1.165, 1.54) is 20.4 Å². The highest BCUT2D eigenvalue weighted by molar-refractivity contribution is 9.11. The summed E-state index contributed by atoms with van der Waals surface area (Å²) in [6.45, 7) is 1.49. The molecule has 112 heavy (non-hydrogen) atoms. The standard InChI is InChI=1S/C21H18N6O2.C20H17N7O2.C18H15BrN4O2.C9H7BrN4.C5H3Br2N.C4H5N3.H2/c1-29-21(28)16-4-2-15(3-5-16)14-27(20-13-22-8-9-24-20)19-10-17(6-7-23-19)18-11-25-26-12-18;28-20(26-29)15-3-1-14(2-4-15)13-27(19-12-21-7-8-23-19)18-9-16(5-6-22-18)17-10-24-25-11-17;1-25-18(24)14-4-2-13(3-5-14)12-23(17-11-20-8-9-22-17)16-10-15(19)6-7-21-16;10-7-1-2-12-8(5-7)14-9-6-11-3-4-13-9;6-4-1-2-8-5(7)3-4;5-4-3-6-1-2-7-4;/h2-13H,14H2,1H3,(H,25,26);1-12,29H,13H2,(H,24,25)(H,26,28);2-11H,12H2,1H3;1-6H,(H,12,13,14);1-3H;1-3H,(H2,5,7);1H/i;;;;;;1+1. The number of carbonyl (C=O) groups is 3. The highest BCUT2D eigenvalue weighted by Crippen LogP contribution is 2.31. The van der Waals surface area contributed by atoms with Crippen LogP contribution in [0.1, 0.15) is 49.2 Å². The van der Waals surface area contributed by atoms with E-state index in [2.05, 4.69) is 164 Å². The van der Waals surface area contributed by atoms with Crippen LogP contribution in [0.5, 0.6) is 0 Å². The molecule has 0 aliphatic carbocycles. The van der Waals surface area contributed by atoms with Gasteiger partial charge in [0.05, 0.1) is 88.4 Å². The zero-order chi connectivity index (χ0) is 78.7. The second-order valence-corrected chi connectivity index (χ2v) is 26.1. The maximum atomic E-state index is 11.7. The molecule has 0 aliphatic heterocycles. The van der Waals surface area contributed by atoms with E-state index in [1.807, 2.05) is 124 Å². The molecule has 3 aromatic carbocycles. The first-order chi connectivity index (χ1) is 54.7. The van der Waals surface area contributed by atoms with Crippen LogP contribution in [-0.2, 0) is 29.1 Å². The van der Waals surface area contributed by atoms with Gasteiger partial charge < -0.3 is 35.2 Å². The highest BCUT2D eigenvalue weighted by Gasteiger charge is 2.19. The fourth-order valence-electron chi connectivity index (χ4n) is 9.74. The molecule has 12 aromatic heterocycles. The van der Waals surface area contributed by atoms with Gasteiger partial charge in [0, 0.05) is 137 Å². The van der Waals surface area contributed by atoms with Crippen molar-refractivity contribution in [2.75, 3.05) is 40.0 Å². The van der Waals surface area contributed by atoms with Crippen LogP contribution in [0.25, 0.3) is 22.3 Å². The van der Waals surface area contributed by atoms with Gasteiger partial charge in [0.15, 0.2) is 17.5 Å². The average molecular weight is 1760 g/mol. The van der Waals surface area contributed by atoms with Gasteiger partial charge in [-0.25, -0.2) is 64.9 Å². The van der Waals surface area contributed by atoms with Crippen LogP contribution >= 0.6 is 63.7 Å². The summed E-state index contributed by atoms with van der Waals surface area (Å²) in [6, 6.07) is 40.5. The predicted molar refractivity (Wildman–Crippen MR) is 436 cm³/mol. The highest BCUT2D eigenvalue weighted by atomic mass is 79.9. The Bertz CT molecular complexity index is 5170. The van der Waals surface area contributed by atoms with Gasteiger partial charge in [-0.05, 0) is 141 Å². The third-order valence-electron chi connectivity index (χ3n) is 15.1. The lowest BCUT2D eigenvalue weighted by Gasteiger charge is -2.23. The number of hydrogen-bond donors (Lipinski definition) is 6. The summed E-state index contributed by atoms with van der Waals surface area (Å²) in [5, 5.41) is 25.4. The maximum Gasteiger partial charge on any atom is 0.337 e. The second-order valence-electron chi connectivity index (χ2n) is 22.6. The van der Waals surface area contributed by atoms with E-state index >= 15 is 0 Å². The summed E-state index contributed by atoms with van der Waals surface area (Å²) in [6.07, 6.45) is 40.1. The molecule has 0 bridgehead atoms. The zero-order valence-corrected chi connectivity index (χ0v) is 65.5. The van der Waals surface area contributed by atoms with Gasteiger partial charge in [-0.3, -0.25) is 45.1 Å². The normalized spacial score (nSPS) is 10.2. The monoisotopic (exact) mass is 1750 g/mol. The number of methoxy groups -OCH3 is 2. The summed E-state index contributed by atoms with van der Waals surface area (Å²) in [4.78, 5) is 103. The molecular weight excluding hydrogens is 1690 g/mol. The van der Waals surface area contributed by atoms with Crippen LogP contribution in [-0.4, -0.2) is 132 Å². The number of benzene rings is 3. The number of nitrogens with two attached hydrogens (primary N) is 1. The summed E-state index contributed by atoms with van der Waals surface area (Å²) in [7, 11) is 2.73. The van der Waals surface area contributed by atoms with Crippen molar-refractivity contribution in [3.8, 4) is 22.3 Å². The fraction of sp³-hybridized carbons (Fsp3) is 0.0649. The van der Waals surface area contributed by atoms with E-state index in [4.69, 9.17) is 20.4 Å². The number of hydrogen-bond acceptors (Lipinski definition) is 28. The zero-order valence-electron chi connectivity index (χ0n) is 59.2. The van der Waals surface area contributed by atoms with Crippen molar-refractivity contribution >= 4 is 134 Å². The Balaban J connectivity index is 0.000000165. The van der Waals surface area contributed by atoms with Gasteiger partial charge in [-0.1, -0.05) is 84.2 Å². The van der Waals surface area contributed by atoms with Gasteiger partial charge in [-0.15, -0.1) is 0 Å². The van der Waals surface area contributed by atoms with Gasteiger partial charge >= 0.3 is 11.9 Å². The van der Waals surface area contributed by atoms with Gasteiger partial charge in [0.25, 0.3) is 5.91 Å². The van der Waals surface area contributed by atoms with Crippen LogP contribution in [0.4, 0.5) is 52.4 Å². The van der Waals surface area contributed by atoms with E-state index in [0.717, 1.165) is 74.4 Å². The van der Waals surface area contributed by atoms with E-state index in [1.54, 1.807) is 172 Å². The van der Waals surface area contributed by atoms with Crippen LogP contribution in [0.2, 0.25) is 0 Å². The first-order valence-corrected chi connectivity index (χ1v) is 36.3. The predicted octanol–water partition coefficient (Wildman–Crippen LogP) is 15.2. The molecular formula is C77H67Br4N25O6. The number of nitrogens with one attached hydrogen (secondary N) is 4. The number of aromatic amines is 2. The largest absolute Gasteiger partial charge is 0.465 e. The van der Waals surface area contributed by atoms with Crippen LogP contribution < -0.4 is 31.2 Å². The molecule has 31 nitrogen and oxygen atoms in total. The number of esters is 2. The Morgan fingerprint density at radius 1 is 0.393 bits per heavy atom. The Morgan fingerprint density at radius 3 is 1.11 bits per heavy atom. The van der Waals surface area contributed by atoms with E-state index < -0.39 is 5.91 Å². The van der Waals surface area contributed by atoms with Crippen molar-refractivity contribution in [3.05, 3.63) is 334 Å². The molecule has 0 unspecified atom stereocenters. The second kappa shape index (κ2) is 42.9. The summed E-state index contributed by atoms with van der Waals surface area (Å²) in [5.74, 6) is 4.75. The molecule has 0 saturated carbocycles. The topological polar surface area (TPSA) is 400 Å². The number of nitrogen functional groups attached to an aromatic ring is 1. The molecule has 7 N–H and O–H groups in total. The lowest BCUT2D eigenvalue weighted by Crippen LogP contribution is -2.20. The molecule has 0 spiro atoms. The van der Waals surface area contributed by atoms with Crippen LogP contribution in [0.3, 0.4) is 0 Å². The van der Waals surface area contributed by atoms with E-state index in [0.29, 0.717) is 71.2 Å². The molecule has 0 atom stereocenters. The van der Waals surface area contributed by atoms with Crippen LogP contribution in [0, 0.1) is 0 Å². The number of pyridine rings is 5. The number of H-pyrrole nitrogens is 2. The molecule has 15 rings (SSSR count). The van der Waals surface area contributed by atoms with Gasteiger partial charge in [0.1, 0.15) is 39.5 Å².